The lowest BCUT2D eigenvalue weighted by molar-refractivity contribution is 0.318. The molecular weight excluding hydrogens is 358 g/mol. The maximum Gasteiger partial charge on any atom is 0.281 e. The first kappa shape index (κ1) is 18.1. The van der Waals surface area contributed by atoms with Gasteiger partial charge in [-0.1, -0.05) is 13.8 Å². The Morgan fingerprint density at radius 3 is 2.69 bits per heavy atom. The Morgan fingerprint density at radius 1 is 1.15 bits per heavy atom. The molecule has 0 aliphatic rings. The highest BCUT2D eigenvalue weighted by Gasteiger charge is 2.19. The Balaban J connectivity index is 2.19. The van der Waals surface area contributed by atoms with Crippen molar-refractivity contribution in [2.24, 2.45) is 0 Å². The monoisotopic (exact) mass is 377 g/mol. The van der Waals surface area contributed by atoms with Crippen LogP contribution < -0.4 is 10.3 Å². The molecule has 0 fully saturated rings. The Hall–Kier alpha value is -2.75. The van der Waals surface area contributed by atoms with Gasteiger partial charge in [-0.15, -0.1) is 10.2 Å². The first-order chi connectivity index (χ1) is 12.5. The van der Waals surface area contributed by atoms with Gasteiger partial charge in [0.25, 0.3) is 5.56 Å². The number of sulfone groups is 1. The first-order valence-electron chi connectivity index (χ1n) is 8.27. The van der Waals surface area contributed by atoms with Crippen LogP contribution in [0.4, 0.5) is 0 Å². The minimum absolute atomic E-state index is 0.0356. The second-order valence-corrected chi connectivity index (χ2v) is 7.84. The molecular formula is C16H19N5O4S. The van der Waals surface area contributed by atoms with Crippen molar-refractivity contribution in [1.82, 2.24) is 25.4 Å². The number of hydrogen-bond donors (Lipinski definition) is 2. The fraction of sp³-hybridized carbons (Fsp3) is 0.375. The fourth-order valence-corrected chi connectivity index (χ4v) is 3.84. The van der Waals surface area contributed by atoms with Crippen molar-refractivity contribution in [3.63, 3.8) is 0 Å². The summed E-state index contributed by atoms with van der Waals surface area (Å²) in [5, 5.41) is 9.92. The average Bonchev–Trinajstić information content (AvgIpc) is 3.09. The summed E-state index contributed by atoms with van der Waals surface area (Å²) in [4.78, 5) is 19.2. The smallest absolute Gasteiger partial charge is 0.281 e. The molecule has 0 spiro atoms. The third-order valence-corrected chi connectivity index (χ3v) is 5.61. The zero-order valence-corrected chi connectivity index (χ0v) is 15.3. The van der Waals surface area contributed by atoms with Gasteiger partial charge in [-0.05, 0) is 31.0 Å². The predicted octanol–water partition coefficient (Wildman–Crippen LogP) is 1.68. The Bertz CT molecular complexity index is 1090. The van der Waals surface area contributed by atoms with E-state index >= 15 is 0 Å². The van der Waals surface area contributed by atoms with Crippen LogP contribution in [0, 0.1) is 0 Å². The highest BCUT2D eigenvalue weighted by atomic mass is 32.2. The van der Waals surface area contributed by atoms with E-state index in [2.05, 4.69) is 25.4 Å². The number of aromatic nitrogens is 5. The topological polar surface area (TPSA) is 131 Å². The van der Waals surface area contributed by atoms with Crippen LogP contribution in [0.3, 0.4) is 0 Å². The van der Waals surface area contributed by atoms with E-state index in [1.54, 1.807) is 13.0 Å². The second kappa shape index (κ2) is 7.24. The fourth-order valence-electron chi connectivity index (χ4n) is 2.50. The molecule has 2 heterocycles. The Labute approximate surface area is 149 Å². The lowest BCUT2D eigenvalue weighted by Crippen LogP contribution is -2.11. The molecule has 2 N–H and O–H groups in total. The molecule has 0 saturated heterocycles. The molecule has 0 aliphatic heterocycles. The number of rotatable bonds is 7. The molecule has 10 heteroatoms. The summed E-state index contributed by atoms with van der Waals surface area (Å²) in [5.74, 6) is 0.651. The lowest BCUT2D eigenvalue weighted by Gasteiger charge is -2.12. The van der Waals surface area contributed by atoms with Gasteiger partial charge in [0, 0.05) is 0 Å². The number of H-pyrrole nitrogens is 2. The third kappa shape index (κ3) is 3.45. The van der Waals surface area contributed by atoms with Gasteiger partial charge in [-0.3, -0.25) is 4.79 Å². The summed E-state index contributed by atoms with van der Waals surface area (Å²) in [6.07, 6.45) is 1.29. The van der Waals surface area contributed by atoms with Gasteiger partial charge in [0.1, 0.15) is 11.6 Å². The summed E-state index contributed by atoms with van der Waals surface area (Å²) in [6.45, 7) is 4.21. The summed E-state index contributed by atoms with van der Waals surface area (Å²) in [7, 11) is -3.43. The van der Waals surface area contributed by atoms with Crippen LogP contribution in [-0.4, -0.2) is 46.2 Å². The van der Waals surface area contributed by atoms with Gasteiger partial charge in [0.05, 0.1) is 22.8 Å². The predicted molar refractivity (Wildman–Crippen MR) is 95.9 cm³/mol. The summed E-state index contributed by atoms with van der Waals surface area (Å²) >= 11 is 0. The van der Waals surface area contributed by atoms with Crippen LogP contribution in [0.1, 0.15) is 26.7 Å². The summed E-state index contributed by atoms with van der Waals surface area (Å²) in [5.41, 5.74) is 0.145. The molecule has 0 aliphatic carbocycles. The highest BCUT2D eigenvalue weighted by Crippen LogP contribution is 2.31. The van der Waals surface area contributed by atoms with E-state index in [1.165, 1.54) is 12.1 Å². The number of fused-ring (bicyclic) bond motifs is 1. The van der Waals surface area contributed by atoms with E-state index in [1.807, 2.05) is 6.92 Å². The first-order valence-corrected chi connectivity index (χ1v) is 9.92. The Morgan fingerprint density at radius 2 is 1.96 bits per heavy atom. The van der Waals surface area contributed by atoms with Crippen molar-refractivity contribution >= 4 is 21.0 Å². The van der Waals surface area contributed by atoms with Crippen molar-refractivity contribution in [1.29, 1.82) is 0 Å². The standard InChI is InChI=1S/C16H19N5O4S/c1-3-7-25-12-6-5-10(26(23,24)8-4-2)9-11(12)14-17-15-13(16(22)18-14)19-21-20-15/h5-6,9H,3-4,7-8H2,1-2H3,(H2,17,18,19,20,21,22). The van der Waals surface area contributed by atoms with E-state index < -0.39 is 15.4 Å². The number of ether oxygens (including phenoxy) is 1. The van der Waals surface area contributed by atoms with Gasteiger partial charge in [0.2, 0.25) is 5.65 Å². The van der Waals surface area contributed by atoms with Crippen molar-refractivity contribution in [2.75, 3.05) is 12.4 Å². The largest absolute Gasteiger partial charge is 0.493 e. The van der Waals surface area contributed by atoms with Crippen LogP contribution >= 0.6 is 0 Å². The van der Waals surface area contributed by atoms with Gasteiger partial charge in [0.15, 0.2) is 15.4 Å². The molecule has 0 unspecified atom stereocenters. The highest BCUT2D eigenvalue weighted by molar-refractivity contribution is 7.91. The maximum absolute atomic E-state index is 12.4. The van der Waals surface area contributed by atoms with Crippen LogP contribution in [0.2, 0.25) is 0 Å². The molecule has 0 radical (unpaired) electrons. The number of nitrogens with one attached hydrogen (secondary N) is 2. The van der Waals surface area contributed by atoms with Crippen LogP contribution in [0.15, 0.2) is 27.9 Å². The zero-order chi connectivity index (χ0) is 18.7. The van der Waals surface area contributed by atoms with Gasteiger partial charge < -0.3 is 9.72 Å². The molecule has 2 aromatic heterocycles. The van der Waals surface area contributed by atoms with E-state index in [4.69, 9.17) is 4.74 Å². The number of benzene rings is 1. The number of aromatic amines is 2. The minimum atomic E-state index is -3.43. The molecule has 3 aromatic rings. The molecule has 0 saturated carbocycles. The van der Waals surface area contributed by atoms with Crippen molar-refractivity contribution in [3.8, 4) is 17.1 Å². The van der Waals surface area contributed by atoms with Crippen LogP contribution in [0.5, 0.6) is 5.75 Å². The van der Waals surface area contributed by atoms with Crippen molar-refractivity contribution < 1.29 is 13.2 Å². The van der Waals surface area contributed by atoms with E-state index in [9.17, 15) is 13.2 Å². The van der Waals surface area contributed by atoms with Crippen molar-refractivity contribution in [2.45, 2.75) is 31.6 Å². The quantitative estimate of drug-likeness (QED) is 0.640. The minimum Gasteiger partial charge on any atom is -0.493 e. The maximum atomic E-state index is 12.4. The summed E-state index contributed by atoms with van der Waals surface area (Å²) < 4.78 is 30.5. The third-order valence-electron chi connectivity index (χ3n) is 3.69. The molecule has 0 amide bonds. The number of hydrogen-bond acceptors (Lipinski definition) is 7. The van der Waals surface area contributed by atoms with Gasteiger partial charge in [-0.2, -0.15) is 5.21 Å². The number of nitrogens with zero attached hydrogens (tertiary/aromatic N) is 3. The normalized spacial score (nSPS) is 11.8. The van der Waals surface area contributed by atoms with Crippen LogP contribution in [0.25, 0.3) is 22.6 Å². The second-order valence-electron chi connectivity index (χ2n) is 5.74. The lowest BCUT2D eigenvalue weighted by atomic mass is 10.2. The molecule has 0 atom stereocenters. The van der Waals surface area contributed by atoms with E-state index in [-0.39, 0.29) is 27.6 Å². The van der Waals surface area contributed by atoms with Gasteiger partial charge >= 0.3 is 0 Å². The summed E-state index contributed by atoms with van der Waals surface area (Å²) in [6, 6.07) is 4.56. The zero-order valence-electron chi connectivity index (χ0n) is 14.4. The molecule has 3 rings (SSSR count). The molecule has 0 bridgehead atoms. The van der Waals surface area contributed by atoms with E-state index in [0.29, 0.717) is 24.3 Å². The van der Waals surface area contributed by atoms with Gasteiger partial charge in [-0.25, -0.2) is 13.4 Å². The average molecular weight is 377 g/mol. The van der Waals surface area contributed by atoms with Crippen LogP contribution in [-0.2, 0) is 9.84 Å². The molecule has 26 heavy (non-hydrogen) atoms. The van der Waals surface area contributed by atoms with Crippen molar-refractivity contribution in [3.05, 3.63) is 28.6 Å². The Kier molecular flexibility index (Phi) is 5.03. The van der Waals surface area contributed by atoms with E-state index in [0.717, 1.165) is 6.42 Å². The SMILES string of the molecule is CCCOc1ccc(S(=O)(=O)CCC)cc1-c1nc2n[nH]nc2c(=O)[nH]1. The molecule has 1 aromatic carbocycles. The molecule has 138 valence electrons. The molecule has 9 nitrogen and oxygen atoms in total.